The van der Waals surface area contributed by atoms with Crippen molar-refractivity contribution in [2.24, 2.45) is 0 Å². The van der Waals surface area contributed by atoms with Gasteiger partial charge in [-0.1, -0.05) is 12.5 Å². The molecule has 1 atom stereocenters. The van der Waals surface area contributed by atoms with E-state index in [-0.39, 0.29) is 24.5 Å². The van der Waals surface area contributed by atoms with Gasteiger partial charge >= 0.3 is 0 Å². The van der Waals surface area contributed by atoms with Crippen LogP contribution >= 0.6 is 0 Å². The predicted octanol–water partition coefficient (Wildman–Crippen LogP) is 0.985. The fraction of sp³-hybridized carbons (Fsp3) is 0.667. The summed E-state index contributed by atoms with van der Waals surface area (Å²) >= 11 is 0. The number of piperidine rings is 1. The first-order valence-corrected chi connectivity index (χ1v) is 10.5. The SMILES string of the molecule is O=C(Cc1cccnc1)NC[C@H]1CN(C2CCN(C3CCC3)CC2)C(=O)CO1. The van der Waals surface area contributed by atoms with Crippen LogP contribution in [-0.2, 0) is 20.7 Å². The van der Waals surface area contributed by atoms with Crippen LogP contribution in [-0.4, -0.2) is 77.6 Å². The number of ether oxygens (including phenoxy) is 1. The maximum absolute atomic E-state index is 12.4. The van der Waals surface area contributed by atoms with Crippen molar-refractivity contribution in [2.45, 2.75) is 56.7 Å². The highest BCUT2D eigenvalue weighted by Gasteiger charge is 2.35. The molecule has 2 aliphatic heterocycles. The van der Waals surface area contributed by atoms with Gasteiger partial charge in [0.05, 0.1) is 12.5 Å². The van der Waals surface area contributed by atoms with Crippen molar-refractivity contribution < 1.29 is 14.3 Å². The Labute approximate surface area is 166 Å². The molecule has 3 fully saturated rings. The Morgan fingerprint density at radius 3 is 2.71 bits per heavy atom. The minimum absolute atomic E-state index is 0.0474. The molecule has 1 aromatic heterocycles. The molecular weight excluding hydrogens is 356 g/mol. The molecule has 0 radical (unpaired) electrons. The number of carbonyl (C=O) groups excluding carboxylic acids is 2. The molecule has 3 aliphatic rings. The van der Waals surface area contributed by atoms with Crippen molar-refractivity contribution >= 4 is 11.8 Å². The molecule has 7 heteroatoms. The number of morpholine rings is 1. The van der Waals surface area contributed by atoms with Crippen LogP contribution in [0.5, 0.6) is 0 Å². The second-order valence-electron chi connectivity index (χ2n) is 8.17. The van der Waals surface area contributed by atoms with Gasteiger partial charge in [0.2, 0.25) is 11.8 Å². The van der Waals surface area contributed by atoms with Crippen molar-refractivity contribution in [3.63, 3.8) is 0 Å². The van der Waals surface area contributed by atoms with E-state index in [4.69, 9.17) is 4.74 Å². The van der Waals surface area contributed by atoms with E-state index in [1.54, 1.807) is 12.4 Å². The van der Waals surface area contributed by atoms with Crippen molar-refractivity contribution in [2.75, 3.05) is 32.8 Å². The number of amides is 2. The van der Waals surface area contributed by atoms with Gasteiger partial charge in [-0.2, -0.15) is 0 Å². The summed E-state index contributed by atoms with van der Waals surface area (Å²) in [7, 11) is 0. The zero-order chi connectivity index (χ0) is 19.3. The van der Waals surface area contributed by atoms with E-state index in [0.717, 1.165) is 37.5 Å². The minimum atomic E-state index is -0.139. The normalized spacial score (nSPS) is 24.8. The molecular formula is C21H30N4O3. The first-order chi connectivity index (χ1) is 13.7. The smallest absolute Gasteiger partial charge is 0.248 e. The van der Waals surface area contributed by atoms with E-state index in [9.17, 15) is 9.59 Å². The van der Waals surface area contributed by atoms with Crippen LogP contribution < -0.4 is 5.32 Å². The highest BCUT2D eigenvalue weighted by molar-refractivity contribution is 5.79. The average molecular weight is 386 g/mol. The molecule has 28 heavy (non-hydrogen) atoms. The minimum Gasteiger partial charge on any atom is -0.365 e. The molecule has 1 aliphatic carbocycles. The Bertz CT molecular complexity index is 671. The van der Waals surface area contributed by atoms with Gasteiger partial charge < -0.3 is 19.9 Å². The van der Waals surface area contributed by atoms with E-state index in [2.05, 4.69) is 15.2 Å². The third-order valence-corrected chi connectivity index (χ3v) is 6.31. The summed E-state index contributed by atoms with van der Waals surface area (Å²) < 4.78 is 5.67. The molecule has 1 saturated carbocycles. The first kappa shape index (κ1) is 19.3. The fourth-order valence-electron chi connectivity index (χ4n) is 4.41. The van der Waals surface area contributed by atoms with E-state index < -0.39 is 0 Å². The van der Waals surface area contributed by atoms with Crippen molar-refractivity contribution in [3.05, 3.63) is 30.1 Å². The Morgan fingerprint density at radius 1 is 1.21 bits per heavy atom. The molecule has 152 valence electrons. The highest BCUT2D eigenvalue weighted by atomic mass is 16.5. The Kier molecular flexibility index (Phi) is 6.22. The Balaban J connectivity index is 1.23. The number of hydrogen-bond acceptors (Lipinski definition) is 5. The number of aromatic nitrogens is 1. The number of likely N-dealkylation sites (tertiary alicyclic amines) is 1. The van der Waals surface area contributed by atoms with E-state index in [1.165, 1.54) is 19.3 Å². The monoisotopic (exact) mass is 386 g/mol. The van der Waals surface area contributed by atoms with Crippen LogP contribution in [0, 0.1) is 0 Å². The third kappa shape index (κ3) is 4.70. The largest absolute Gasteiger partial charge is 0.365 e. The number of nitrogens with one attached hydrogen (secondary N) is 1. The lowest BCUT2D eigenvalue weighted by Gasteiger charge is -2.45. The topological polar surface area (TPSA) is 74.8 Å². The van der Waals surface area contributed by atoms with Crippen molar-refractivity contribution in [3.8, 4) is 0 Å². The predicted molar refractivity (Wildman–Crippen MR) is 105 cm³/mol. The number of nitrogens with zero attached hydrogens (tertiary/aromatic N) is 3. The number of pyridine rings is 1. The van der Waals surface area contributed by atoms with Crippen LogP contribution in [0.15, 0.2) is 24.5 Å². The molecule has 0 spiro atoms. The summed E-state index contributed by atoms with van der Waals surface area (Å²) in [6, 6.07) is 4.80. The molecule has 1 aromatic rings. The summed E-state index contributed by atoms with van der Waals surface area (Å²) in [5.74, 6) is 0.0360. The zero-order valence-corrected chi connectivity index (χ0v) is 16.4. The van der Waals surface area contributed by atoms with Crippen LogP contribution in [0.4, 0.5) is 0 Å². The molecule has 2 amide bonds. The molecule has 3 heterocycles. The molecule has 0 bridgehead atoms. The lowest BCUT2D eigenvalue weighted by Crippen LogP contribution is -2.57. The van der Waals surface area contributed by atoms with Gasteiger partial charge in [-0.15, -0.1) is 0 Å². The average Bonchev–Trinajstić information content (AvgIpc) is 2.67. The zero-order valence-electron chi connectivity index (χ0n) is 16.4. The van der Waals surface area contributed by atoms with Gasteiger partial charge in [0.25, 0.3) is 0 Å². The Hall–Kier alpha value is -1.99. The molecule has 7 nitrogen and oxygen atoms in total. The second kappa shape index (κ2) is 9.01. The van der Waals surface area contributed by atoms with Crippen LogP contribution in [0.25, 0.3) is 0 Å². The number of hydrogen-bond donors (Lipinski definition) is 1. The first-order valence-electron chi connectivity index (χ1n) is 10.5. The molecule has 0 unspecified atom stereocenters. The lowest BCUT2D eigenvalue weighted by molar-refractivity contribution is -0.153. The fourth-order valence-corrected chi connectivity index (χ4v) is 4.41. The highest BCUT2D eigenvalue weighted by Crippen LogP contribution is 2.29. The summed E-state index contributed by atoms with van der Waals surface area (Å²) in [5, 5.41) is 2.94. The van der Waals surface area contributed by atoms with Crippen LogP contribution in [0.1, 0.15) is 37.7 Å². The quantitative estimate of drug-likeness (QED) is 0.789. The summed E-state index contributed by atoms with van der Waals surface area (Å²) in [5.41, 5.74) is 0.889. The van der Waals surface area contributed by atoms with Gasteiger partial charge in [0.15, 0.2) is 0 Å². The third-order valence-electron chi connectivity index (χ3n) is 6.31. The van der Waals surface area contributed by atoms with Gasteiger partial charge in [-0.05, 0) is 37.3 Å². The van der Waals surface area contributed by atoms with Crippen molar-refractivity contribution in [1.82, 2.24) is 20.1 Å². The van der Waals surface area contributed by atoms with Gasteiger partial charge in [0.1, 0.15) is 6.61 Å². The molecule has 0 aromatic carbocycles. The number of carbonyl (C=O) groups is 2. The maximum Gasteiger partial charge on any atom is 0.248 e. The second-order valence-corrected chi connectivity index (χ2v) is 8.17. The van der Waals surface area contributed by atoms with Crippen LogP contribution in [0.2, 0.25) is 0 Å². The van der Waals surface area contributed by atoms with Crippen LogP contribution in [0.3, 0.4) is 0 Å². The Morgan fingerprint density at radius 2 is 2.04 bits per heavy atom. The van der Waals surface area contributed by atoms with Crippen molar-refractivity contribution in [1.29, 1.82) is 0 Å². The van der Waals surface area contributed by atoms with Gasteiger partial charge in [0, 0.05) is 50.7 Å². The molecule has 1 N–H and O–H groups in total. The molecule has 2 saturated heterocycles. The lowest BCUT2D eigenvalue weighted by atomic mass is 9.89. The molecule has 4 rings (SSSR count). The maximum atomic E-state index is 12.4. The van der Waals surface area contributed by atoms with E-state index >= 15 is 0 Å². The van der Waals surface area contributed by atoms with Gasteiger partial charge in [-0.25, -0.2) is 0 Å². The summed E-state index contributed by atoms with van der Waals surface area (Å²) in [4.78, 5) is 33.2. The number of rotatable bonds is 6. The van der Waals surface area contributed by atoms with E-state index in [1.807, 2.05) is 17.0 Å². The van der Waals surface area contributed by atoms with E-state index in [0.29, 0.717) is 25.6 Å². The summed E-state index contributed by atoms with van der Waals surface area (Å²) in [6.45, 7) is 3.30. The summed E-state index contributed by atoms with van der Waals surface area (Å²) in [6.07, 6.45) is 9.69. The van der Waals surface area contributed by atoms with Gasteiger partial charge in [-0.3, -0.25) is 14.6 Å². The standard InChI is InChI=1S/C21H30N4O3/c26-20(11-16-3-2-8-22-12-16)23-13-19-14-25(21(27)15-28-19)18-6-9-24(10-7-18)17-4-1-5-17/h2-3,8,12,17-19H,1,4-7,9-11,13-15H2,(H,23,26)/t19-/m0/s1.